The maximum atomic E-state index is 13.1. The minimum atomic E-state index is 0.347. The van der Waals surface area contributed by atoms with E-state index in [4.69, 9.17) is 23.2 Å². The lowest BCUT2D eigenvalue weighted by atomic mass is 9.49. The van der Waals surface area contributed by atoms with E-state index in [0.29, 0.717) is 16.3 Å². The van der Waals surface area contributed by atoms with Gasteiger partial charge in [0.25, 0.3) is 0 Å². The van der Waals surface area contributed by atoms with Gasteiger partial charge < -0.3 is 4.90 Å². The molecular formula is C23H30Cl2N2O. The van der Waals surface area contributed by atoms with Gasteiger partial charge in [0.2, 0.25) is 5.91 Å². The predicted molar refractivity (Wildman–Crippen MR) is 114 cm³/mol. The molecule has 0 N–H and O–H groups in total. The monoisotopic (exact) mass is 420 g/mol. The summed E-state index contributed by atoms with van der Waals surface area (Å²) < 4.78 is 0. The normalized spacial score (nSPS) is 34.8. The first-order valence-corrected chi connectivity index (χ1v) is 11.7. The first-order valence-electron chi connectivity index (χ1n) is 10.9. The van der Waals surface area contributed by atoms with Crippen molar-refractivity contribution in [2.75, 3.05) is 26.2 Å². The molecule has 0 radical (unpaired) electrons. The summed E-state index contributed by atoms with van der Waals surface area (Å²) in [5, 5.41) is 1.40. The summed E-state index contributed by atoms with van der Waals surface area (Å²) in [6.45, 7) is 4.36. The van der Waals surface area contributed by atoms with E-state index < -0.39 is 0 Å². The number of halogens is 2. The summed E-state index contributed by atoms with van der Waals surface area (Å²) >= 11 is 12.3. The SMILES string of the molecule is O=C(CC12CC3CC(CC(C3)C1)C2)N1CCN(Cc2ccc(Cl)cc2Cl)CC1. The summed E-state index contributed by atoms with van der Waals surface area (Å²) in [5.41, 5.74) is 1.46. The molecular weight excluding hydrogens is 391 g/mol. The first-order chi connectivity index (χ1) is 13.5. The van der Waals surface area contributed by atoms with Crippen LogP contribution in [0.4, 0.5) is 0 Å². The second-order valence-electron chi connectivity index (χ2n) is 9.99. The number of amides is 1. The van der Waals surface area contributed by atoms with Gasteiger partial charge in [0.1, 0.15) is 0 Å². The topological polar surface area (TPSA) is 23.6 Å². The second-order valence-corrected chi connectivity index (χ2v) is 10.8. The van der Waals surface area contributed by atoms with Crippen molar-refractivity contribution >= 4 is 29.1 Å². The van der Waals surface area contributed by atoms with Crippen LogP contribution in [0.2, 0.25) is 10.0 Å². The average molecular weight is 421 g/mol. The fourth-order valence-electron chi connectivity index (χ4n) is 6.99. The van der Waals surface area contributed by atoms with E-state index in [1.165, 1.54) is 38.5 Å². The molecule has 1 saturated heterocycles. The van der Waals surface area contributed by atoms with Crippen LogP contribution in [0.1, 0.15) is 50.5 Å². The lowest BCUT2D eigenvalue weighted by molar-refractivity contribution is -0.141. The molecule has 152 valence electrons. The number of carbonyl (C=O) groups is 1. The predicted octanol–water partition coefficient (Wildman–Crippen LogP) is 5.24. The summed E-state index contributed by atoms with van der Waals surface area (Å²) in [7, 11) is 0. The standard InChI is InChI=1S/C23H30Cl2N2O/c24-20-2-1-19(21(25)10-20)15-26-3-5-27(6-4-26)22(28)14-23-11-16-7-17(12-23)9-18(8-16)13-23/h1-2,10,16-18H,3-9,11-15H2. The molecule has 4 aliphatic carbocycles. The highest BCUT2D eigenvalue weighted by Gasteiger charge is 2.51. The van der Waals surface area contributed by atoms with E-state index in [-0.39, 0.29) is 0 Å². The van der Waals surface area contributed by atoms with Gasteiger partial charge in [-0.1, -0.05) is 29.3 Å². The van der Waals surface area contributed by atoms with E-state index in [2.05, 4.69) is 9.80 Å². The van der Waals surface area contributed by atoms with Crippen LogP contribution in [0.3, 0.4) is 0 Å². The zero-order chi connectivity index (χ0) is 19.3. The Morgan fingerprint density at radius 1 is 0.964 bits per heavy atom. The van der Waals surface area contributed by atoms with E-state index in [1.54, 1.807) is 0 Å². The van der Waals surface area contributed by atoms with Gasteiger partial charge in [-0.2, -0.15) is 0 Å². The van der Waals surface area contributed by atoms with Crippen LogP contribution in [0.15, 0.2) is 18.2 Å². The van der Waals surface area contributed by atoms with Gasteiger partial charge in [0.15, 0.2) is 0 Å². The minimum Gasteiger partial charge on any atom is -0.340 e. The molecule has 0 aromatic heterocycles. The Morgan fingerprint density at radius 2 is 1.57 bits per heavy atom. The number of carbonyl (C=O) groups excluding carboxylic acids is 1. The lowest BCUT2D eigenvalue weighted by Gasteiger charge is -2.57. The Morgan fingerprint density at radius 3 is 2.14 bits per heavy atom. The molecule has 5 fully saturated rings. The van der Waals surface area contributed by atoms with Crippen molar-refractivity contribution < 1.29 is 4.79 Å². The smallest absolute Gasteiger partial charge is 0.223 e. The molecule has 5 heteroatoms. The number of hydrogen-bond acceptors (Lipinski definition) is 2. The quantitative estimate of drug-likeness (QED) is 0.664. The maximum Gasteiger partial charge on any atom is 0.223 e. The van der Waals surface area contributed by atoms with E-state index in [9.17, 15) is 4.79 Å². The van der Waals surface area contributed by atoms with Crippen molar-refractivity contribution in [3.8, 4) is 0 Å². The molecule has 4 bridgehead atoms. The van der Waals surface area contributed by atoms with Crippen molar-refractivity contribution in [1.29, 1.82) is 0 Å². The molecule has 28 heavy (non-hydrogen) atoms. The van der Waals surface area contributed by atoms with E-state index >= 15 is 0 Å². The van der Waals surface area contributed by atoms with Crippen LogP contribution < -0.4 is 0 Å². The molecule has 6 rings (SSSR count). The highest BCUT2D eigenvalue weighted by atomic mass is 35.5. The summed E-state index contributed by atoms with van der Waals surface area (Å²) in [4.78, 5) is 17.6. The largest absolute Gasteiger partial charge is 0.340 e. The minimum absolute atomic E-state index is 0.347. The Kier molecular flexibility index (Phi) is 5.13. The Balaban J connectivity index is 1.15. The Bertz CT molecular complexity index is 722. The van der Waals surface area contributed by atoms with Gasteiger partial charge in [0, 0.05) is 49.2 Å². The lowest BCUT2D eigenvalue weighted by Crippen LogP contribution is -2.52. The molecule has 1 aromatic rings. The Labute approximate surface area is 178 Å². The van der Waals surface area contributed by atoms with Gasteiger partial charge in [-0.25, -0.2) is 0 Å². The Hall–Kier alpha value is -0.770. The van der Waals surface area contributed by atoms with Gasteiger partial charge in [-0.05, 0) is 79.4 Å². The van der Waals surface area contributed by atoms with Crippen molar-refractivity contribution in [3.05, 3.63) is 33.8 Å². The fraction of sp³-hybridized carbons (Fsp3) is 0.696. The zero-order valence-electron chi connectivity index (χ0n) is 16.5. The molecule has 1 aromatic carbocycles. The molecule has 1 amide bonds. The first kappa shape index (κ1) is 19.2. The molecule has 3 nitrogen and oxygen atoms in total. The molecule has 4 saturated carbocycles. The van der Waals surface area contributed by atoms with Crippen molar-refractivity contribution in [3.63, 3.8) is 0 Å². The van der Waals surface area contributed by atoms with Gasteiger partial charge in [-0.15, -0.1) is 0 Å². The van der Waals surface area contributed by atoms with E-state index in [0.717, 1.165) is 67.5 Å². The highest BCUT2D eigenvalue weighted by Crippen LogP contribution is 2.61. The van der Waals surface area contributed by atoms with Crippen LogP contribution in [0, 0.1) is 23.2 Å². The number of benzene rings is 1. The molecule has 1 heterocycles. The zero-order valence-corrected chi connectivity index (χ0v) is 18.0. The summed E-state index contributed by atoms with van der Waals surface area (Å²) in [6, 6.07) is 5.72. The number of nitrogens with zero attached hydrogens (tertiary/aromatic N) is 2. The number of rotatable bonds is 4. The van der Waals surface area contributed by atoms with Crippen LogP contribution in [-0.4, -0.2) is 41.9 Å². The van der Waals surface area contributed by atoms with Crippen LogP contribution in [-0.2, 0) is 11.3 Å². The molecule has 5 aliphatic rings. The third kappa shape index (κ3) is 3.82. The van der Waals surface area contributed by atoms with Gasteiger partial charge in [-0.3, -0.25) is 9.69 Å². The molecule has 1 aliphatic heterocycles. The van der Waals surface area contributed by atoms with E-state index in [1.807, 2.05) is 18.2 Å². The summed E-state index contributed by atoms with van der Waals surface area (Å²) in [5.74, 6) is 3.16. The molecule has 0 spiro atoms. The van der Waals surface area contributed by atoms with Crippen LogP contribution in [0.5, 0.6) is 0 Å². The van der Waals surface area contributed by atoms with Gasteiger partial charge in [0.05, 0.1) is 0 Å². The highest BCUT2D eigenvalue weighted by molar-refractivity contribution is 6.35. The summed E-state index contributed by atoms with van der Waals surface area (Å²) in [6.07, 6.45) is 9.09. The van der Waals surface area contributed by atoms with Gasteiger partial charge >= 0.3 is 0 Å². The third-order valence-electron chi connectivity index (χ3n) is 7.83. The van der Waals surface area contributed by atoms with Crippen LogP contribution >= 0.6 is 23.2 Å². The average Bonchev–Trinajstić information content (AvgIpc) is 2.63. The third-order valence-corrected chi connectivity index (χ3v) is 8.41. The van der Waals surface area contributed by atoms with Crippen molar-refractivity contribution in [1.82, 2.24) is 9.80 Å². The van der Waals surface area contributed by atoms with Crippen molar-refractivity contribution in [2.45, 2.75) is 51.5 Å². The molecule has 0 unspecified atom stereocenters. The number of piperazine rings is 1. The van der Waals surface area contributed by atoms with Crippen molar-refractivity contribution in [2.24, 2.45) is 23.2 Å². The van der Waals surface area contributed by atoms with Crippen LogP contribution in [0.25, 0.3) is 0 Å². The number of hydrogen-bond donors (Lipinski definition) is 0. The second kappa shape index (κ2) is 7.49. The fourth-order valence-corrected chi connectivity index (χ4v) is 7.45. The maximum absolute atomic E-state index is 13.1. The molecule has 0 atom stereocenters.